The van der Waals surface area contributed by atoms with Crippen LogP contribution in [0.1, 0.15) is 17.2 Å². The van der Waals surface area contributed by atoms with Crippen LogP contribution in [-0.4, -0.2) is 21.0 Å². The van der Waals surface area contributed by atoms with Crippen molar-refractivity contribution in [2.75, 3.05) is 6.79 Å². The topological polar surface area (TPSA) is 106 Å². The summed E-state index contributed by atoms with van der Waals surface area (Å²) in [6, 6.07) is 6.61. The number of hydrogen-bond acceptors (Lipinski definition) is 6. The van der Waals surface area contributed by atoms with E-state index < -0.39 is 17.4 Å². The van der Waals surface area contributed by atoms with Crippen LogP contribution in [0.4, 0.5) is 0 Å². The minimum Gasteiger partial charge on any atom is -0.454 e. The Labute approximate surface area is 130 Å². The molecule has 0 spiro atoms. The summed E-state index contributed by atoms with van der Waals surface area (Å²) < 4.78 is 12.4. The standard InChI is InChI=1S/C15H13N3O5/c1-17-6-10(5-16)14(20)18(15(17)21)7-11(19)9-2-3-12-13(4-9)23-8-22-12/h2-4,6,11,19H,7-8H2,1H3/t11-/m1/s1. The van der Waals surface area contributed by atoms with Gasteiger partial charge in [-0.15, -0.1) is 0 Å². The first-order chi connectivity index (χ1) is 11.0. The van der Waals surface area contributed by atoms with E-state index in [-0.39, 0.29) is 18.9 Å². The molecule has 1 aliphatic rings. The van der Waals surface area contributed by atoms with Gasteiger partial charge in [0.1, 0.15) is 11.6 Å². The molecule has 1 aliphatic heterocycles. The summed E-state index contributed by atoms with van der Waals surface area (Å²) >= 11 is 0. The van der Waals surface area contributed by atoms with Crippen molar-refractivity contribution in [3.63, 3.8) is 0 Å². The van der Waals surface area contributed by atoms with Crippen molar-refractivity contribution in [2.45, 2.75) is 12.6 Å². The van der Waals surface area contributed by atoms with Crippen LogP contribution in [0, 0.1) is 11.3 Å². The summed E-state index contributed by atoms with van der Waals surface area (Å²) in [5.74, 6) is 1.06. The minimum atomic E-state index is -1.11. The van der Waals surface area contributed by atoms with Crippen LogP contribution in [-0.2, 0) is 13.6 Å². The fourth-order valence-corrected chi connectivity index (χ4v) is 2.36. The van der Waals surface area contributed by atoms with Gasteiger partial charge in [0.05, 0.1) is 12.6 Å². The second kappa shape index (κ2) is 5.62. The molecule has 0 unspecified atom stereocenters. The summed E-state index contributed by atoms with van der Waals surface area (Å²) in [6.07, 6.45) is 0.0672. The summed E-state index contributed by atoms with van der Waals surface area (Å²) in [7, 11) is 1.44. The molecule has 2 heterocycles. The van der Waals surface area contributed by atoms with Crippen molar-refractivity contribution in [1.29, 1.82) is 5.26 Å². The summed E-state index contributed by atoms with van der Waals surface area (Å²) in [6.45, 7) is -0.153. The first-order valence-corrected chi connectivity index (χ1v) is 6.79. The molecule has 118 valence electrons. The smallest absolute Gasteiger partial charge is 0.330 e. The number of aromatic nitrogens is 2. The molecule has 0 radical (unpaired) electrons. The highest BCUT2D eigenvalue weighted by molar-refractivity contribution is 5.45. The van der Waals surface area contributed by atoms with Gasteiger partial charge in [-0.05, 0) is 17.7 Å². The Morgan fingerprint density at radius 1 is 1.35 bits per heavy atom. The summed E-state index contributed by atoms with van der Waals surface area (Å²) in [4.78, 5) is 24.2. The zero-order chi connectivity index (χ0) is 16.6. The van der Waals surface area contributed by atoms with E-state index in [0.29, 0.717) is 17.1 Å². The quantitative estimate of drug-likeness (QED) is 0.846. The van der Waals surface area contributed by atoms with Crippen LogP contribution >= 0.6 is 0 Å². The van der Waals surface area contributed by atoms with Crippen molar-refractivity contribution in [3.05, 3.63) is 56.4 Å². The van der Waals surface area contributed by atoms with Gasteiger partial charge in [0.15, 0.2) is 11.5 Å². The van der Waals surface area contributed by atoms with Crippen molar-refractivity contribution < 1.29 is 14.6 Å². The Hall–Kier alpha value is -3.05. The molecule has 2 aromatic rings. The largest absolute Gasteiger partial charge is 0.454 e. The molecule has 3 rings (SSSR count). The first kappa shape index (κ1) is 14.9. The predicted molar refractivity (Wildman–Crippen MR) is 78.2 cm³/mol. The van der Waals surface area contributed by atoms with Crippen LogP contribution in [0.15, 0.2) is 34.0 Å². The summed E-state index contributed by atoms with van der Waals surface area (Å²) in [5.41, 5.74) is -1.01. The third kappa shape index (κ3) is 2.58. The molecular formula is C15H13N3O5. The SMILES string of the molecule is Cn1cc(C#N)c(=O)n(C[C@@H](O)c2ccc3c(c2)OCO3)c1=O. The van der Waals surface area contributed by atoms with E-state index in [2.05, 4.69) is 0 Å². The second-order valence-electron chi connectivity index (χ2n) is 5.09. The molecule has 0 fully saturated rings. The maximum atomic E-state index is 12.1. The molecule has 0 aliphatic carbocycles. The Morgan fingerprint density at radius 3 is 2.83 bits per heavy atom. The lowest BCUT2D eigenvalue weighted by atomic mass is 10.1. The highest BCUT2D eigenvalue weighted by Crippen LogP contribution is 2.34. The summed E-state index contributed by atoms with van der Waals surface area (Å²) in [5, 5.41) is 19.3. The molecule has 0 saturated carbocycles. The number of aliphatic hydroxyl groups is 1. The maximum Gasteiger partial charge on any atom is 0.330 e. The van der Waals surface area contributed by atoms with Gasteiger partial charge >= 0.3 is 5.69 Å². The number of nitrogens with zero attached hydrogens (tertiary/aromatic N) is 3. The van der Waals surface area contributed by atoms with E-state index in [9.17, 15) is 14.7 Å². The van der Waals surface area contributed by atoms with Gasteiger partial charge in [-0.1, -0.05) is 6.07 Å². The zero-order valence-corrected chi connectivity index (χ0v) is 12.2. The molecule has 0 amide bonds. The van der Waals surface area contributed by atoms with E-state index in [1.807, 2.05) is 0 Å². The first-order valence-electron chi connectivity index (χ1n) is 6.79. The number of fused-ring (bicyclic) bond motifs is 1. The molecule has 1 N–H and O–H groups in total. The van der Waals surface area contributed by atoms with E-state index >= 15 is 0 Å². The van der Waals surface area contributed by atoms with Crippen molar-refractivity contribution in [3.8, 4) is 17.6 Å². The lowest BCUT2D eigenvalue weighted by Crippen LogP contribution is -2.41. The van der Waals surface area contributed by atoms with Crippen LogP contribution in [0.5, 0.6) is 11.5 Å². The maximum absolute atomic E-state index is 12.1. The normalized spacial score (nSPS) is 13.6. The van der Waals surface area contributed by atoms with Gasteiger partial charge in [-0.2, -0.15) is 5.26 Å². The average molecular weight is 315 g/mol. The molecule has 1 atom stereocenters. The molecule has 1 aromatic carbocycles. The van der Waals surface area contributed by atoms with Gasteiger partial charge < -0.3 is 19.1 Å². The Bertz CT molecular complexity index is 922. The second-order valence-corrected chi connectivity index (χ2v) is 5.09. The highest BCUT2D eigenvalue weighted by atomic mass is 16.7. The molecule has 8 heteroatoms. The molecular weight excluding hydrogens is 302 g/mol. The molecule has 1 aromatic heterocycles. The van der Waals surface area contributed by atoms with E-state index in [4.69, 9.17) is 14.7 Å². The number of nitriles is 1. The third-order valence-electron chi connectivity index (χ3n) is 3.59. The fraction of sp³-hybridized carbons (Fsp3) is 0.267. The van der Waals surface area contributed by atoms with Crippen molar-refractivity contribution in [1.82, 2.24) is 9.13 Å². The zero-order valence-electron chi connectivity index (χ0n) is 12.2. The van der Waals surface area contributed by atoms with Crippen molar-refractivity contribution in [2.24, 2.45) is 7.05 Å². The molecule has 0 saturated heterocycles. The van der Waals surface area contributed by atoms with Crippen LogP contribution in [0.25, 0.3) is 0 Å². The van der Waals surface area contributed by atoms with Gasteiger partial charge in [-0.25, -0.2) is 4.79 Å². The Morgan fingerprint density at radius 2 is 2.09 bits per heavy atom. The van der Waals surface area contributed by atoms with E-state index in [1.54, 1.807) is 24.3 Å². The molecule has 23 heavy (non-hydrogen) atoms. The van der Waals surface area contributed by atoms with Crippen LogP contribution in [0.3, 0.4) is 0 Å². The lowest BCUT2D eigenvalue weighted by molar-refractivity contribution is 0.151. The van der Waals surface area contributed by atoms with Gasteiger partial charge in [-0.3, -0.25) is 9.36 Å². The fourth-order valence-electron chi connectivity index (χ4n) is 2.36. The number of aryl methyl sites for hydroxylation is 1. The van der Waals surface area contributed by atoms with Gasteiger partial charge in [0.25, 0.3) is 5.56 Å². The van der Waals surface area contributed by atoms with Gasteiger partial charge in [0.2, 0.25) is 6.79 Å². The van der Waals surface area contributed by atoms with Gasteiger partial charge in [0, 0.05) is 13.2 Å². The highest BCUT2D eigenvalue weighted by Gasteiger charge is 2.19. The lowest BCUT2D eigenvalue weighted by Gasteiger charge is -2.14. The van der Waals surface area contributed by atoms with E-state index in [1.165, 1.54) is 13.2 Å². The minimum absolute atomic E-state index is 0.110. The average Bonchev–Trinajstić information content (AvgIpc) is 3.02. The number of aliphatic hydroxyl groups excluding tert-OH is 1. The van der Waals surface area contributed by atoms with Crippen molar-refractivity contribution >= 4 is 0 Å². The number of benzene rings is 1. The third-order valence-corrected chi connectivity index (χ3v) is 3.59. The number of ether oxygens (including phenoxy) is 2. The van der Waals surface area contributed by atoms with Crippen LogP contribution in [0.2, 0.25) is 0 Å². The monoisotopic (exact) mass is 315 g/mol. The molecule has 8 nitrogen and oxygen atoms in total. The predicted octanol–water partition coefficient (Wildman–Crippen LogP) is -0.119. The number of rotatable bonds is 3. The van der Waals surface area contributed by atoms with E-state index in [0.717, 1.165) is 9.13 Å². The Balaban J connectivity index is 1.96. The number of hydrogen-bond donors (Lipinski definition) is 1. The van der Waals surface area contributed by atoms with Crippen LogP contribution < -0.4 is 20.7 Å². The molecule has 0 bridgehead atoms. The Kier molecular flexibility index (Phi) is 3.64.